The monoisotopic (exact) mass is 187 g/mol. The molecule has 2 N–H and O–H groups in total. The number of rotatable bonds is 2. The van der Waals surface area contributed by atoms with Crippen molar-refractivity contribution in [2.45, 2.75) is 37.3 Å². The van der Waals surface area contributed by atoms with Crippen LogP contribution in [-0.4, -0.2) is 31.8 Å². The molecule has 1 fully saturated rings. The molecule has 0 aromatic carbocycles. The van der Waals surface area contributed by atoms with E-state index in [1.165, 1.54) is 7.11 Å². The first-order valence-electron chi connectivity index (χ1n) is 4.54. The van der Waals surface area contributed by atoms with E-state index in [9.17, 15) is 4.79 Å². The van der Waals surface area contributed by atoms with Crippen molar-refractivity contribution in [1.29, 1.82) is 0 Å². The SMILES string of the molecule is COC(=O)C1(OC)CCC(N)CC1. The lowest BCUT2D eigenvalue weighted by Crippen LogP contribution is -2.47. The summed E-state index contributed by atoms with van der Waals surface area (Å²) in [5.74, 6) is -0.276. The van der Waals surface area contributed by atoms with Gasteiger partial charge in [0, 0.05) is 13.2 Å². The van der Waals surface area contributed by atoms with Crippen molar-refractivity contribution in [3.63, 3.8) is 0 Å². The van der Waals surface area contributed by atoms with E-state index in [0.717, 1.165) is 12.8 Å². The summed E-state index contributed by atoms with van der Waals surface area (Å²) in [5.41, 5.74) is 5.01. The maximum absolute atomic E-state index is 11.4. The fraction of sp³-hybridized carbons (Fsp3) is 0.889. The molecule has 0 heterocycles. The Hall–Kier alpha value is -0.610. The predicted molar refractivity (Wildman–Crippen MR) is 48.2 cm³/mol. The number of carbonyl (C=O) groups is 1. The Labute approximate surface area is 78.4 Å². The van der Waals surface area contributed by atoms with Gasteiger partial charge in [-0.15, -0.1) is 0 Å². The Morgan fingerprint density at radius 2 is 1.92 bits per heavy atom. The summed E-state index contributed by atoms with van der Waals surface area (Å²) in [5, 5.41) is 0. The maximum atomic E-state index is 11.4. The Morgan fingerprint density at radius 1 is 1.38 bits per heavy atom. The fourth-order valence-corrected chi connectivity index (χ4v) is 1.78. The molecule has 0 aromatic rings. The normalized spacial score (nSPS) is 34.2. The van der Waals surface area contributed by atoms with Crippen LogP contribution in [0.2, 0.25) is 0 Å². The van der Waals surface area contributed by atoms with Gasteiger partial charge in [-0.2, -0.15) is 0 Å². The van der Waals surface area contributed by atoms with Gasteiger partial charge in [-0.25, -0.2) is 4.79 Å². The summed E-state index contributed by atoms with van der Waals surface area (Å²) in [4.78, 5) is 11.4. The van der Waals surface area contributed by atoms with E-state index in [0.29, 0.717) is 12.8 Å². The molecule has 0 bridgehead atoms. The second kappa shape index (κ2) is 4.07. The van der Waals surface area contributed by atoms with Gasteiger partial charge in [0.1, 0.15) is 0 Å². The van der Waals surface area contributed by atoms with Crippen LogP contribution in [0, 0.1) is 0 Å². The number of nitrogens with two attached hydrogens (primary N) is 1. The Balaban J connectivity index is 2.65. The Morgan fingerprint density at radius 3 is 2.31 bits per heavy atom. The minimum absolute atomic E-state index is 0.202. The minimum Gasteiger partial charge on any atom is -0.467 e. The van der Waals surface area contributed by atoms with Crippen LogP contribution in [0.25, 0.3) is 0 Å². The van der Waals surface area contributed by atoms with Gasteiger partial charge in [0.15, 0.2) is 5.60 Å². The van der Waals surface area contributed by atoms with Crippen molar-refractivity contribution in [2.24, 2.45) is 5.73 Å². The molecule has 1 aliphatic carbocycles. The lowest BCUT2D eigenvalue weighted by Gasteiger charge is -2.35. The number of hydrogen-bond donors (Lipinski definition) is 1. The molecule has 76 valence electrons. The van der Waals surface area contributed by atoms with E-state index in [4.69, 9.17) is 15.2 Å². The summed E-state index contributed by atoms with van der Waals surface area (Å²) in [6.45, 7) is 0. The molecular weight excluding hydrogens is 170 g/mol. The fourth-order valence-electron chi connectivity index (χ4n) is 1.78. The zero-order valence-corrected chi connectivity index (χ0v) is 8.21. The highest BCUT2D eigenvalue weighted by Crippen LogP contribution is 2.31. The first kappa shape index (κ1) is 10.5. The number of ether oxygens (including phenoxy) is 2. The van der Waals surface area contributed by atoms with Gasteiger partial charge in [-0.3, -0.25) is 0 Å². The van der Waals surface area contributed by atoms with Crippen molar-refractivity contribution in [2.75, 3.05) is 14.2 Å². The van der Waals surface area contributed by atoms with Crippen LogP contribution in [0.4, 0.5) is 0 Å². The van der Waals surface area contributed by atoms with Crippen molar-refractivity contribution in [3.8, 4) is 0 Å². The highest BCUT2D eigenvalue weighted by Gasteiger charge is 2.42. The van der Waals surface area contributed by atoms with Gasteiger partial charge in [0.2, 0.25) is 0 Å². The molecular formula is C9H17NO3. The molecule has 0 aliphatic heterocycles. The van der Waals surface area contributed by atoms with Crippen molar-refractivity contribution >= 4 is 5.97 Å². The Kier molecular flexibility index (Phi) is 3.27. The van der Waals surface area contributed by atoms with Gasteiger partial charge >= 0.3 is 5.97 Å². The molecule has 1 rings (SSSR count). The first-order chi connectivity index (χ1) is 6.14. The summed E-state index contributed by atoms with van der Waals surface area (Å²) in [7, 11) is 2.94. The lowest BCUT2D eigenvalue weighted by atomic mass is 9.82. The molecule has 0 amide bonds. The Bertz CT molecular complexity index is 185. The van der Waals surface area contributed by atoms with Crippen molar-refractivity contribution in [1.82, 2.24) is 0 Å². The number of hydrogen-bond acceptors (Lipinski definition) is 4. The molecule has 1 saturated carbocycles. The summed E-state index contributed by atoms with van der Waals surface area (Å²) in [6.07, 6.45) is 2.97. The zero-order chi connectivity index (χ0) is 9.90. The first-order valence-corrected chi connectivity index (χ1v) is 4.54. The zero-order valence-electron chi connectivity index (χ0n) is 8.21. The van der Waals surface area contributed by atoms with Crippen LogP contribution in [-0.2, 0) is 14.3 Å². The predicted octanol–water partition coefficient (Wildman–Crippen LogP) is 0.446. The number of methoxy groups -OCH3 is 2. The van der Waals surface area contributed by atoms with Crippen LogP contribution in [0.1, 0.15) is 25.7 Å². The smallest absolute Gasteiger partial charge is 0.338 e. The minimum atomic E-state index is -0.732. The molecule has 4 nitrogen and oxygen atoms in total. The standard InChI is InChI=1S/C9H17NO3/c1-12-8(11)9(13-2)5-3-7(10)4-6-9/h7H,3-6,10H2,1-2H3. The van der Waals surface area contributed by atoms with E-state index in [2.05, 4.69) is 0 Å². The van der Waals surface area contributed by atoms with Gasteiger partial charge in [0.25, 0.3) is 0 Å². The summed E-state index contributed by atoms with van der Waals surface area (Å²) in [6, 6.07) is 0.202. The quantitative estimate of drug-likeness (QED) is 0.637. The third kappa shape index (κ3) is 2.00. The highest BCUT2D eigenvalue weighted by molar-refractivity contribution is 5.79. The van der Waals surface area contributed by atoms with E-state index in [1.807, 2.05) is 0 Å². The van der Waals surface area contributed by atoms with Crippen LogP contribution in [0.15, 0.2) is 0 Å². The number of carbonyl (C=O) groups excluding carboxylic acids is 1. The molecule has 4 heteroatoms. The molecule has 0 spiro atoms. The molecule has 0 radical (unpaired) electrons. The van der Waals surface area contributed by atoms with Gasteiger partial charge in [-0.05, 0) is 25.7 Å². The highest BCUT2D eigenvalue weighted by atomic mass is 16.6. The topological polar surface area (TPSA) is 61.5 Å². The van der Waals surface area contributed by atoms with E-state index >= 15 is 0 Å². The molecule has 0 saturated heterocycles. The molecule has 13 heavy (non-hydrogen) atoms. The van der Waals surface area contributed by atoms with Crippen LogP contribution in [0.3, 0.4) is 0 Å². The maximum Gasteiger partial charge on any atom is 0.338 e. The number of esters is 1. The third-order valence-electron chi connectivity index (χ3n) is 2.79. The van der Waals surface area contributed by atoms with E-state index in [-0.39, 0.29) is 12.0 Å². The molecule has 0 aromatic heterocycles. The van der Waals surface area contributed by atoms with Crippen LogP contribution >= 0.6 is 0 Å². The van der Waals surface area contributed by atoms with Crippen molar-refractivity contribution < 1.29 is 14.3 Å². The largest absolute Gasteiger partial charge is 0.467 e. The van der Waals surface area contributed by atoms with E-state index in [1.54, 1.807) is 7.11 Å². The summed E-state index contributed by atoms with van der Waals surface area (Å²) >= 11 is 0. The van der Waals surface area contributed by atoms with Gasteiger partial charge in [0.05, 0.1) is 7.11 Å². The second-order valence-electron chi connectivity index (χ2n) is 3.53. The lowest BCUT2D eigenvalue weighted by molar-refractivity contribution is -0.170. The summed E-state index contributed by atoms with van der Waals surface area (Å²) < 4.78 is 9.96. The second-order valence-corrected chi connectivity index (χ2v) is 3.53. The van der Waals surface area contributed by atoms with Gasteiger partial charge in [-0.1, -0.05) is 0 Å². The van der Waals surface area contributed by atoms with Crippen LogP contribution < -0.4 is 5.73 Å². The average Bonchev–Trinajstić information content (AvgIpc) is 2.18. The third-order valence-corrected chi connectivity index (χ3v) is 2.79. The van der Waals surface area contributed by atoms with Crippen molar-refractivity contribution in [3.05, 3.63) is 0 Å². The molecule has 0 atom stereocenters. The molecule has 1 aliphatic rings. The average molecular weight is 187 g/mol. The van der Waals surface area contributed by atoms with E-state index < -0.39 is 5.60 Å². The van der Waals surface area contributed by atoms with Gasteiger partial charge < -0.3 is 15.2 Å². The van der Waals surface area contributed by atoms with Crippen LogP contribution in [0.5, 0.6) is 0 Å². The molecule has 0 unspecified atom stereocenters.